The van der Waals surface area contributed by atoms with Crippen LogP contribution in [0.4, 0.5) is 0 Å². The first-order valence-electron chi connectivity index (χ1n) is 5.44. The number of nitrogens with one attached hydrogen (secondary N) is 1. The number of pyridine rings is 1. The van der Waals surface area contributed by atoms with Crippen LogP contribution in [0.1, 0.15) is 30.6 Å². The number of carbonyl (C=O) groups is 2. The van der Waals surface area contributed by atoms with Gasteiger partial charge >= 0.3 is 5.97 Å². The monoisotopic (exact) mass is 236 g/mol. The van der Waals surface area contributed by atoms with E-state index in [-0.39, 0.29) is 5.92 Å². The number of amides is 1. The van der Waals surface area contributed by atoms with Gasteiger partial charge in [0.05, 0.1) is 5.56 Å². The van der Waals surface area contributed by atoms with Crippen molar-refractivity contribution in [1.29, 1.82) is 0 Å². The Balaban J connectivity index is 2.68. The first kappa shape index (κ1) is 13.2. The van der Waals surface area contributed by atoms with Crippen molar-refractivity contribution in [1.82, 2.24) is 10.3 Å². The molecule has 1 rings (SSSR count). The third-order valence-electron chi connectivity index (χ3n) is 2.23. The number of hydrogen-bond donors (Lipinski definition) is 2. The van der Waals surface area contributed by atoms with Gasteiger partial charge in [-0.15, -0.1) is 0 Å². The fourth-order valence-corrected chi connectivity index (χ4v) is 1.43. The molecule has 2 N–H and O–H groups in total. The number of nitrogens with zero attached hydrogens (tertiary/aromatic N) is 1. The van der Waals surface area contributed by atoms with Crippen molar-refractivity contribution in [3.8, 4) is 0 Å². The Morgan fingerprint density at radius 3 is 2.65 bits per heavy atom. The van der Waals surface area contributed by atoms with E-state index < -0.39 is 17.9 Å². The van der Waals surface area contributed by atoms with E-state index >= 15 is 0 Å². The number of aromatic nitrogens is 1. The zero-order valence-electron chi connectivity index (χ0n) is 9.88. The third-order valence-corrected chi connectivity index (χ3v) is 2.23. The molecule has 0 aliphatic rings. The van der Waals surface area contributed by atoms with Crippen molar-refractivity contribution in [2.45, 2.75) is 26.3 Å². The van der Waals surface area contributed by atoms with Gasteiger partial charge in [0.15, 0.2) is 0 Å². The standard InChI is InChI=1S/C12H16N2O3/c1-8(2)6-10(12(16)17)14-11(15)9-4-3-5-13-7-9/h3-5,7-8,10H,6H2,1-2H3,(H,14,15)(H,16,17)/t10-/m1/s1. The minimum Gasteiger partial charge on any atom is -0.480 e. The minimum atomic E-state index is -1.02. The Morgan fingerprint density at radius 2 is 2.18 bits per heavy atom. The van der Waals surface area contributed by atoms with Crippen molar-refractivity contribution >= 4 is 11.9 Å². The van der Waals surface area contributed by atoms with Crippen molar-refractivity contribution in [2.24, 2.45) is 5.92 Å². The Hall–Kier alpha value is -1.91. The van der Waals surface area contributed by atoms with Crippen LogP contribution in [0.15, 0.2) is 24.5 Å². The Bertz CT molecular complexity index is 390. The number of carbonyl (C=O) groups excluding carboxylic acids is 1. The fourth-order valence-electron chi connectivity index (χ4n) is 1.43. The van der Waals surface area contributed by atoms with Crippen LogP contribution in [0.2, 0.25) is 0 Å². The summed E-state index contributed by atoms with van der Waals surface area (Å²) in [4.78, 5) is 26.5. The van der Waals surface area contributed by atoms with Gasteiger partial charge in [-0.2, -0.15) is 0 Å². The molecule has 0 aliphatic carbocycles. The van der Waals surface area contributed by atoms with Crippen LogP contribution < -0.4 is 5.32 Å². The van der Waals surface area contributed by atoms with Gasteiger partial charge in [-0.3, -0.25) is 9.78 Å². The van der Waals surface area contributed by atoms with Gasteiger partial charge in [-0.05, 0) is 24.5 Å². The molecule has 0 fully saturated rings. The quantitative estimate of drug-likeness (QED) is 0.807. The highest BCUT2D eigenvalue weighted by Crippen LogP contribution is 2.06. The molecule has 0 radical (unpaired) electrons. The summed E-state index contributed by atoms with van der Waals surface area (Å²) in [7, 11) is 0. The topological polar surface area (TPSA) is 79.3 Å². The molecule has 1 aromatic rings. The van der Waals surface area contributed by atoms with Crippen LogP contribution in [-0.4, -0.2) is 28.0 Å². The molecule has 0 spiro atoms. The molecule has 0 aromatic carbocycles. The SMILES string of the molecule is CC(C)C[C@@H](NC(=O)c1cccnc1)C(=O)O. The van der Waals surface area contributed by atoms with Crippen molar-refractivity contribution in [3.05, 3.63) is 30.1 Å². The second kappa shape index (κ2) is 5.98. The van der Waals surface area contributed by atoms with E-state index in [1.165, 1.54) is 6.20 Å². The van der Waals surface area contributed by atoms with Crippen LogP contribution >= 0.6 is 0 Å². The normalized spacial score (nSPS) is 12.2. The maximum Gasteiger partial charge on any atom is 0.326 e. The predicted octanol–water partition coefficient (Wildman–Crippen LogP) is 1.31. The van der Waals surface area contributed by atoms with Gasteiger partial charge in [0.2, 0.25) is 0 Å². The molecule has 0 saturated carbocycles. The van der Waals surface area contributed by atoms with Crippen LogP contribution in [0.25, 0.3) is 0 Å². The zero-order valence-corrected chi connectivity index (χ0v) is 9.88. The van der Waals surface area contributed by atoms with E-state index in [2.05, 4.69) is 10.3 Å². The molecular weight excluding hydrogens is 220 g/mol. The van der Waals surface area contributed by atoms with Gasteiger partial charge < -0.3 is 10.4 Å². The number of hydrogen-bond acceptors (Lipinski definition) is 3. The van der Waals surface area contributed by atoms with Crippen molar-refractivity contribution < 1.29 is 14.7 Å². The van der Waals surface area contributed by atoms with Crippen LogP contribution in [0.3, 0.4) is 0 Å². The van der Waals surface area contributed by atoms with Gasteiger partial charge in [0.25, 0.3) is 5.91 Å². The lowest BCUT2D eigenvalue weighted by Crippen LogP contribution is -2.41. The van der Waals surface area contributed by atoms with E-state index in [0.717, 1.165) is 0 Å². The lowest BCUT2D eigenvalue weighted by molar-refractivity contribution is -0.139. The molecule has 0 unspecified atom stereocenters. The Labute approximate surface area is 99.9 Å². The fraction of sp³-hybridized carbons (Fsp3) is 0.417. The second-order valence-electron chi connectivity index (χ2n) is 4.24. The van der Waals surface area contributed by atoms with Crippen LogP contribution in [0, 0.1) is 5.92 Å². The first-order valence-corrected chi connectivity index (χ1v) is 5.44. The molecule has 0 bridgehead atoms. The summed E-state index contributed by atoms with van der Waals surface area (Å²) in [5.74, 6) is -1.23. The summed E-state index contributed by atoms with van der Waals surface area (Å²) >= 11 is 0. The molecule has 92 valence electrons. The molecule has 1 atom stereocenters. The van der Waals surface area contributed by atoms with Crippen LogP contribution in [-0.2, 0) is 4.79 Å². The van der Waals surface area contributed by atoms with E-state index in [0.29, 0.717) is 12.0 Å². The highest BCUT2D eigenvalue weighted by Gasteiger charge is 2.21. The van der Waals surface area contributed by atoms with E-state index in [1.54, 1.807) is 18.3 Å². The Morgan fingerprint density at radius 1 is 1.47 bits per heavy atom. The predicted molar refractivity (Wildman–Crippen MR) is 62.6 cm³/mol. The smallest absolute Gasteiger partial charge is 0.326 e. The number of aliphatic carboxylic acids is 1. The molecule has 5 nitrogen and oxygen atoms in total. The average Bonchev–Trinajstić information content (AvgIpc) is 2.28. The Kier molecular flexibility index (Phi) is 4.63. The lowest BCUT2D eigenvalue weighted by atomic mass is 10.0. The molecule has 0 saturated heterocycles. The van der Waals surface area contributed by atoms with Gasteiger partial charge in [-0.1, -0.05) is 13.8 Å². The third kappa shape index (κ3) is 4.22. The zero-order chi connectivity index (χ0) is 12.8. The maximum atomic E-state index is 11.7. The molecule has 17 heavy (non-hydrogen) atoms. The number of carboxylic acids is 1. The number of carboxylic acid groups (broad SMARTS) is 1. The van der Waals surface area contributed by atoms with Gasteiger partial charge in [0.1, 0.15) is 6.04 Å². The highest BCUT2D eigenvalue weighted by atomic mass is 16.4. The molecule has 1 amide bonds. The van der Waals surface area contributed by atoms with Crippen molar-refractivity contribution in [2.75, 3.05) is 0 Å². The summed E-state index contributed by atoms with van der Waals surface area (Å²) < 4.78 is 0. The lowest BCUT2D eigenvalue weighted by Gasteiger charge is -2.16. The second-order valence-corrected chi connectivity index (χ2v) is 4.24. The summed E-state index contributed by atoms with van der Waals surface area (Å²) in [6.45, 7) is 3.82. The highest BCUT2D eigenvalue weighted by molar-refractivity contribution is 5.96. The summed E-state index contributed by atoms with van der Waals surface area (Å²) in [5, 5.41) is 11.5. The molecule has 1 aromatic heterocycles. The summed E-state index contributed by atoms with van der Waals surface area (Å²) in [6, 6.07) is 2.37. The molecule has 1 heterocycles. The average molecular weight is 236 g/mol. The molecular formula is C12H16N2O3. The van der Waals surface area contributed by atoms with E-state index in [9.17, 15) is 9.59 Å². The summed E-state index contributed by atoms with van der Waals surface area (Å²) in [6.07, 6.45) is 3.37. The summed E-state index contributed by atoms with van der Waals surface area (Å²) in [5.41, 5.74) is 0.363. The molecule has 0 aliphatic heterocycles. The van der Waals surface area contributed by atoms with E-state index in [4.69, 9.17) is 5.11 Å². The largest absolute Gasteiger partial charge is 0.480 e. The maximum absolute atomic E-state index is 11.7. The number of rotatable bonds is 5. The molecule has 5 heteroatoms. The van der Waals surface area contributed by atoms with Crippen molar-refractivity contribution in [3.63, 3.8) is 0 Å². The van der Waals surface area contributed by atoms with Gasteiger partial charge in [0, 0.05) is 12.4 Å². The first-order chi connectivity index (χ1) is 8.00. The minimum absolute atomic E-state index is 0.199. The van der Waals surface area contributed by atoms with E-state index in [1.807, 2.05) is 13.8 Å². The van der Waals surface area contributed by atoms with Crippen LogP contribution in [0.5, 0.6) is 0 Å². The van der Waals surface area contributed by atoms with Gasteiger partial charge in [-0.25, -0.2) is 4.79 Å².